The van der Waals surface area contributed by atoms with Crippen LogP contribution in [0.1, 0.15) is 28.6 Å². The SMILES string of the molecule is CCc1c(-c2ccccc2)coc1C(=O)OCc1ccccc1. The summed E-state index contributed by atoms with van der Waals surface area (Å²) in [6, 6.07) is 19.5. The van der Waals surface area contributed by atoms with Crippen molar-refractivity contribution in [3.05, 3.63) is 83.8 Å². The zero-order chi connectivity index (χ0) is 16.1. The lowest BCUT2D eigenvalue weighted by molar-refractivity contribution is 0.0434. The molecule has 1 aromatic heterocycles. The molecule has 0 bridgehead atoms. The third-order valence-corrected chi connectivity index (χ3v) is 3.73. The highest BCUT2D eigenvalue weighted by atomic mass is 16.5. The Hall–Kier alpha value is -2.81. The molecule has 0 aliphatic rings. The molecule has 0 amide bonds. The summed E-state index contributed by atoms with van der Waals surface area (Å²) in [5, 5.41) is 0. The number of hydrogen-bond acceptors (Lipinski definition) is 3. The summed E-state index contributed by atoms with van der Waals surface area (Å²) in [6.07, 6.45) is 2.34. The molecule has 23 heavy (non-hydrogen) atoms. The first-order chi connectivity index (χ1) is 11.3. The van der Waals surface area contributed by atoms with Crippen molar-refractivity contribution in [1.29, 1.82) is 0 Å². The topological polar surface area (TPSA) is 39.4 Å². The van der Waals surface area contributed by atoms with E-state index in [1.54, 1.807) is 6.26 Å². The van der Waals surface area contributed by atoms with Crippen LogP contribution in [0.4, 0.5) is 0 Å². The van der Waals surface area contributed by atoms with Gasteiger partial charge in [0.25, 0.3) is 0 Å². The molecular weight excluding hydrogens is 288 g/mol. The fraction of sp³-hybridized carbons (Fsp3) is 0.150. The molecule has 3 rings (SSSR count). The third kappa shape index (κ3) is 3.34. The highest BCUT2D eigenvalue weighted by Gasteiger charge is 2.21. The largest absolute Gasteiger partial charge is 0.456 e. The summed E-state index contributed by atoms with van der Waals surface area (Å²) in [5.41, 5.74) is 3.82. The van der Waals surface area contributed by atoms with Gasteiger partial charge in [-0.2, -0.15) is 0 Å². The van der Waals surface area contributed by atoms with Crippen LogP contribution in [-0.2, 0) is 17.8 Å². The van der Waals surface area contributed by atoms with E-state index < -0.39 is 5.97 Å². The zero-order valence-electron chi connectivity index (χ0n) is 13.0. The predicted molar refractivity (Wildman–Crippen MR) is 89.1 cm³/mol. The van der Waals surface area contributed by atoms with Crippen LogP contribution in [0, 0.1) is 0 Å². The molecule has 3 aromatic rings. The molecule has 3 nitrogen and oxygen atoms in total. The van der Waals surface area contributed by atoms with Crippen molar-refractivity contribution < 1.29 is 13.9 Å². The first-order valence-corrected chi connectivity index (χ1v) is 7.66. The molecule has 0 radical (unpaired) electrons. The van der Waals surface area contributed by atoms with Crippen LogP contribution in [0.25, 0.3) is 11.1 Å². The first-order valence-electron chi connectivity index (χ1n) is 7.66. The Kier molecular flexibility index (Phi) is 4.57. The average molecular weight is 306 g/mol. The van der Waals surface area contributed by atoms with Crippen LogP contribution in [0.3, 0.4) is 0 Å². The number of hydrogen-bond donors (Lipinski definition) is 0. The standard InChI is InChI=1S/C20H18O3/c1-2-17-18(16-11-7-4-8-12-16)14-22-19(17)20(21)23-13-15-9-5-3-6-10-15/h3-12,14H,2,13H2,1H3. The monoisotopic (exact) mass is 306 g/mol. The van der Waals surface area contributed by atoms with Gasteiger partial charge in [0.2, 0.25) is 5.76 Å². The third-order valence-electron chi connectivity index (χ3n) is 3.73. The van der Waals surface area contributed by atoms with Gasteiger partial charge in [0.15, 0.2) is 0 Å². The van der Waals surface area contributed by atoms with Crippen LogP contribution in [0.15, 0.2) is 71.3 Å². The highest BCUT2D eigenvalue weighted by Crippen LogP contribution is 2.29. The summed E-state index contributed by atoms with van der Waals surface area (Å²) in [7, 11) is 0. The number of ether oxygens (including phenoxy) is 1. The Morgan fingerprint density at radius 1 is 1.00 bits per heavy atom. The molecule has 3 heteroatoms. The summed E-state index contributed by atoms with van der Waals surface area (Å²) in [6.45, 7) is 2.25. The minimum Gasteiger partial charge on any atom is -0.456 e. The lowest BCUT2D eigenvalue weighted by Gasteiger charge is -2.05. The summed E-state index contributed by atoms with van der Waals surface area (Å²) in [4.78, 5) is 12.3. The zero-order valence-corrected chi connectivity index (χ0v) is 13.0. The van der Waals surface area contributed by atoms with E-state index in [1.165, 1.54) is 0 Å². The maximum Gasteiger partial charge on any atom is 0.374 e. The van der Waals surface area contributed by atoms with E-state index >= 15 is 0 Å². The molecule has 0 fully saturated rings. The quantitative estimate of drug-likeness (QED) is 0.632. The Labute approximate surface area is 135 Å². The van der Waals surface area contributed by atoms with Gasteiger partial charge in [-0.15, -0.1) is 0 Å². The van der Waals surface area contributed by atoms with E-state index in [1.807, 2.05) is 67.6 Å². The van der Waals surface area contributed by atoms with E-state index in [4.69, 9.17) is 9.15 Å². The highest BCUT2D eigenvalue weighted by molar-refractivity contribution is 5.90. The molecule has 0 saturated carbocycles. The van der Waals surface area contributed by atoms with Gasteiger partial charge < -0.3 is 9.15 Å². The van der Waals surface area contributed by atoms with Crippen molar-refractivity contribution in [3.8, 4) is 11.1 Å². The molecule has 0 unspecified atom stereocenters. The summed E-state index contributed by atoms with van der Waals surface area (Å²) < 4.78 is 10.9. The van der Waals surface area contributed by atoms with E-state index in [0.717, 1.165) is 22.3 Å². The van der Waals surface area contributed by atoms with E-state index in [9.17, 15) is 4.79 Å². The van der Waals surface area contributed by atoms with Gasteiger partial charge in [0.05, 0.1) is 6.26 Å². The Morgan fingerprint density at radius 2 is 1.65 bits per heavy atom. The van der Waals surface area contributed by atoms with Crippen LogP contribution < -0.4 is 0 Å². The van der Waals surface area contributed by atoms with E-state index in [2.05, 4.69) is 0 Å². The number of benzene rings is 2. The number of carbonyl (C=O) groups excluding carboxylic acids is 1. The van der Waals surface area contributed by atoms with Crippen molar-refractivity contribution in [3.63, 3.8) is 0 Å². The van der Waals surface area contributed by atoms with Crippen molar-refractivity contribution in [2.45, 2.75) is 20.0 Å². The van der Waals surface area contributed by atoms with Crippen molar-refractivity contribution in [1.82, 2.24) is 0 Å². The average Bonchev–Trinajstić information content (AvgIpc) is 3.05. The molecule has 1 heterocycles. The molecular formula is C20H18O3. The molecule has 0 spiro atoms. The molecule has 0 aliphatic heterocycles. The van der Waals surface area contributed by atoms with Crippen molar-refractivity contribution >= 4 is 5.97 Å². The normalized spacial score (nSPS) is 10.5. The molecule has 0 N–H and O–H groups in total. The lowest BCUT2D eigenvalue weighted by atomic mass is 10.0. The first kappa shape index (κ1) is 15.1. The van der Waals surface area contributed by atoms with Gasteiger partial charge in [0.1, 0.15) is 6.61 Å². The van der Waals surface area contributed by atoms with Crippen LogP contribution in [0.5, 0.6) is 0 Å². The number of furan rings is 1. The van der Waals surface area contributed by atoms with Gasteiger partial charge in [-0.25, -0.2) is 4.79 Å². The van der Waals surface area contributed by atoms with Crippen molar-refractivity contribution in [2.75, 3.05) is 0 Å². The Balaban J connectivity index is 1.80. The second kappa shape index (κ2) is 6.97. The second-order valence-corrected chi connectivity index (χ2v) is 5.24. The van der Waals surface area contributed by atoms with Gasteiger partial charge in [-0.05, 0) is 17.5 Å². The molecule has 0 saturated heterocycles. The minimum atomic E-state index is -0.423. The maximum atomic E-state index is 12.3. The lowest BCUT2D eigenvalue weighted by Crippen LogP contribution is -2.06. The molecule has 116 valence electrons. The number of esters is 1. The predicted octanol–water partition coefficient (Wildman–Crippen LogP) is 4.87. The van der Waals surface area contributed by atoms with Gasteiger partial charge in [-0.1, -0.05) is 67.6 Å². The van der Waals surface area contributed by atoms with Crippen molar-refractivity contribution in [2.24, 2.45) is 0 Å². The molecule has 0 aliphatic carbocycles. The van der Waals surface area contributed by atoms with Gasteiger partial charge in [0, 0.05) is 11.1 Å². The summed E-state index contributed by atoms with van der Waals surface area (Å²) >= 11 is 0. The van der Waals surface area contributed by atoms with Crippen LogP contribution in [0.2, 0.25) is 0 Å². The maximum absolute atomic E-state index is 12.3. The number of carbonyl (C=O) groups is 1. The fourth-order valence-electron chi connectivity index (χ4n) is 2.55. The Morgan fingerprint density at radius 3 is 2.30 bits per heavy atom. The van der Waals surface area contributed by atoms with E-state index in [0.29, 0.717) is 12.2 Å². The fourth-order valence-corrected chi connectivity index (χ4v) is 2.55. The summed E-state index contributed by atoms with van der Waals surface area (Å²) in [5.74, 6) is -0.129. The second-order valence-electron chi connectivity index (χ2n) is 5.24. The van der Waals surface area contributed by atoms with Crippen LogP contribution in [-0.4, -0.2) is 5.97 Å². The van der Waals surface area contributed by atoms with E-state index in [-0.39, 0.29) is 6.61 Å². The Bertz CT molecular complexity index is 773. The van der Waals surface area contributed by atoms with Gasteiger partial charge >= 0.3 is 5.97 Å². The minimum absolute atomic E-state index is 0.240. The smallest absolute Gasteiger partial charge is 0.374 e. The number of rotatable bonds is 5. The molecule has 0 atom stereocenters. The van der Waals surface area contributed by atoms with Gasteiger partial charge in [-0.3, -0.25) is 0 Å². The van der Waals surface area contributed by atoms with Crippen LogP contribution >= 0.6 is 0 Å². The molecule has 2 aromatic carbocycles.